The van der Waals surface area contributed by atoms with E-state index in [0.29, 0.717) is 5.92 Å². The Kier molecular flexibility index (Phi) is 6.20. The molecule has 0 radical (unpaired) electrons. The molecule has 0 heterocycles. The highest BCUT2D eigenvalue weighted by Gasteiger charge is 2.07. The second-order valence-electron chi connectivity index (χ2n) is 5.58. The number of benzene rings is 1. The first-order chi connectivity index (χ1) is 8.54. The van der Waals surface area contributed by atoms with Crippen LogP contribution in [-0.2, 0) is 6.54 Å². The molecule has 0 bridgehead atoms. The molecule has 0 spiro atoms. The molecule has 0 aliphatic carbocycles. The van der Waals surface area contributed by atoms with Gasteiger partial charge in [0.15, 0.2) is 0 Å². The van der Waals surface area contributed by atoms with Crippen molar-refractivity contribution in [1.82, 2.24) is 5.32 Å². The van der Waals surface area contributed by atoms with Gasteiger partial charge in [-0.15, -0.1) is 0 Å². The van der Waals surface area contributed by atoms with Gasteiger partial charge in [-0.2, -0.15) is 0 Å². The van der Waals surface area contributed by atoms with Crippen LogP contribution in [0.25, 0.3) is 0 Å². The van der Waals surface area contributed by atoms with Crippen LogP contribution in [0.2, 0.25) is 0 Å². The lowest BCUT2D eigenvalue weighted by molar-refractivity contribution is 0.552. The third-order valence-corrected chi connectivity index (χ3v) is 3.07. The van der Waals surface area contributed by atoms with Crippen LogP contribution < -0.4 is 10.2 Å². The highest BCUT2D eigenvalue weighted by molar-refractivity contribution is 5.54. The number of rotatable bonds is 7. The van der Waals surface area contributed by atoms with Crippen LogP contribution in [-0.4, -0.2) is 20.1 Å². The van der Waals surface area contributed by atoms with E-state index in [4.69, 9.17) is 0 Å². The molecular formula is C16H28N2. The van der Waals surface area contributed by atoms with Crippen molar-refractivity contribution >= 4 is 5.69 Å². The zero-order chi connectivity index (χ0) is 13.5. The highest BCUT2D eigenvalue weighted by atomic mass is 15.1. The standard InChI is InChI=1S/C16H28N2/c1-6-9-18(5)16-8-7-14(4)10-15(16)12-17-11-13(2)3/h7-8,10,13,17H,6,9,11-12H2,1-5H3. The van der Waals surface area contributed by atoms with Gasteiger partial charge >= 0.3 is 0 Å². The van der Waals surface area contributed by atoms with Gasteiger partial charge in [-0.05, 0) is 37.4 Å². The van der Waals surface area contributed by atoms with Crippen LogP contribution in [0, 0.1) is 12.8 Å². The molecule has 1 aromatic rings. The molecule has 2 heteroatoms. The minimum Gasteiger partial charge on any atom is -0.374 e. The van der Waals surface area contributed by atoms with Crippen molar-refractivity contribution in [2.24, 2.45) is 5.92 Å². The smallest absolute Gasteiger partial charge is 0.0409 e. The highest BCUT2D eigenvalue weighted by Crippen LogP contribution is 2.21. The predicted octanol–water partition coefficient (Wildman–Crippen LogP) is 3.59. The molecule has 1 N–H and O–H groups in total. The molecule has 102 valence electrons. The quantitative estimate of drug-likeness (QED) is 0.793. The Morgan fingerprint density at radius 2 is 2.00 bits per heavy atom. The second kappa shape index (κ2) is 7.42. The maximum absolute atomic E-state index is 3.54. The Morgan fingerprint density at radius 1 is 1.28 bits per heavy atom. The van der Waals surface area contributed by atoms with Crippen LogP contribution in [0.5, 0.6) is 0 Å². The van der Waals surface area contributed by atoms with Crippen molar-refractivity contribution in [3.63, 3.8) is 0 Å². The summed E-state index contributed by atoms with van der Waals surface area (Å²) in [7, 11) is 2.18. The van der Waals surface area contributed by atoms with Crippen molar-refractivity contribution in [3.05, 3.63) is 29.3 Å². The van der Waals surface area contributed by atoms with E-state index in [1.54, 1.807) is 0 Å². The minimum atomic E-state index is 0.701. The lowest BCUT2D eigenvalue weighted by Crippen LogP contribution is -2.23. The number of hydrogen-bond donors (Lipinski definition) is 1. The number of nitrogens with one attached hydrogen (secondary N) is 1. The van der Waals surface area contributed by atoms with Gasteiger partial charge in [0.2, 0.25) is 0 Å². The molecule has 0 atom stereocenters. The number of anilines is 1. The van der Waals surface area contributed by atoms with E-state index in [1.165, 1.54) is 23.2 Å². The molecule has 0 fully saturated rings. The largest absolute Gasteiger partial charge is 0.374 e. The Morgan fingerprint density at radius 3 is 2.61 bits per heavy atom. The van der Waals surface area contributed by atoms with Gasteiger partial charge in [0, 0.05) is 25.8 Å². The van der Waals surface area contributed by atoms with E-state index >= 15 is 0 Å². The summed E-state index contributed by atoms with van der Waals surface area (Å²) in [6, 6.07) is 6.75. The molecule has 2 nitrogen and oxygen atoms in total. The SMILES string of the molecule is CCCN(C)c1ccc(C)cc1CNCC(C)C. The summed E-state index contributed by atoms with van der Waals surface area (Å²) in [6.07, 6.45) is 1.18. The molecule has 0 aliphatic rings. The number of hydrogen-bond acceptors (Lipinski definition) is 2. The van der Waals surface area contributed by atoms with Crippen LogP contribution in [0.15, 0.2) is 18.2 Å². The molecule has 0 saturated heterocycles. The van der Waals surface area contributed by atoms with Crippen LogP contribution in [0.3, 0.4) is 0 Å². The molecule has 0 unspecified atom stereocenters. The van der Waals surface area contributed by atoms with Gasteiger partial charge in [-0.3, -0.25) is 0 Å². The topological polar surface area (TPSA) is 15.3 Å². The van der Waals surface area contributed by atoms with E-state index < -0.39 is 0 Å². The van der Waals surface area contributed by atoms with Crippen LogP contribution in [0.4, 0.5) is 5.69 Å². The summed E-state index contributed by atoms with van der Waals surface area (Å²) < 4.78 is 0. The third-order valence-electron chi connectivity index (χ3n) is 3.07. The first-order valence-electron chi connectivity index (χ1n) is 7.06. The Hall–Kier alpha value is -1.02. The van der Waals surface area contributed by atoms with Crippen molar-refractivity contribution in [2.45, 2.75) is 40.7 Å². The summed E-state index contributed by atoms with van der Waals surface area (Å²) in [5.41, 5.74) is 4.11. The Bertz CT molecular complexity index is 358. The summed E-state index contributed by atoms with van der Waals surface area (Å²) in [4.78, 5) is 2.35. The van der Waals surface area contributed by atoms with Crippen LogP contribution >= 0.6 is 0 Å². The fourth-order valence-corrected chi connectivity index (χ4v) is 2.18. The van der Waals surface area contributed by atoms with Gasteiger partial charge < -0.3 is 10.2 Å². The molecule has 0 aliphatic heterocycles. The zero-order valence-corrected chi connectivity index (χ0v) is 12.6. The van der Waals surface area contributed by atoms with Gasteiger partial charge in [-0.1, -0.05) is 38.5 Å². The average Bonchev–Trinajstić information content (AvgIpc) is 2.29. The number of aryl methyl sites for hydroxylation is 1. The number of nitrogens with zero attached hydrogens (tertiary/aromatic N) is 1. The van der Waals surface area contributed by atoms with Gasteiger partial charge in [0.05, 0.1) is 0 Å². The normalized spacial score (nSPS) is 11.0. The van der Waals surface area contributed by atoms with E-state index in [-0.39, 0.29) is 0 Å². The van der Waals surface area contributed by atoms with Crippen molar-refractivity contribution in [3.8, 4) is 0 Å². The molecule has 18 heavy (non-hydrogen) atoms. The maximum Gasteiger partial charge on any atom is 0.0409 e. The molecule has 1 aromatic carbocycles. The third kappa shape index (κ3) is 4.69. The molecular weight excluding hydrogens is 220 g/mol. The van der Waals surface area contributed by atoms with Gasteiger partial charge in [-0.25, -0.2) is 0 Å². The van der Waals surface area contributed by atoms with E-state index in [2.05, 4.69) is 63.2 Å². The monoisotopic (exact) mass is 248 g/mol. The Labute approximate surface area is 112 Å². The van der Waals surface area contributed by atoms with Crippen molar-refractivity contribution in [1.29, 1.82) is 0 Å². The maximum atomic E-state index is 3.54. The average molecular weight is 248 g/mol. The molecule has 0 saturated carbocycles. The molecule has 0 aromatic heterocycles. The summed E-state index contributed by atoms with van der Waals surface area (Å²) in [6.45, 7) is 12.0. The predicted molar refractivity (Wildman–Crippen MR) is 81.3 cm³/mol. The lowest BCUT2D eigenvalue weighted by Gasteiger charge is -2.23. The fraction of sp³-hybridized carbons (Fsp3) is 0.625. The lowest BCUT2D eigenvalue weighted by atomic mass is 10.1. The second-order valence-corrected chi connectivity index (χ2v) is 5.58. The molecule has 1 rings (SSSR count). The van der Waals surface area contributed by atoms with Crippen LogP contribution in [0.1, 0.15) is 38.3 Å². The zero-order valence-electron chi connectivity index (χ0n) is 12.6. The van der Waals surface area contributed by atoms with Crippen molar-refractivity contribution in [2.75, 3.05) is 25.0 Å². The van der Waals surface area contributed by atoms with E-state index in [0.717, 1.165) is 19.6 Å². The molecule has 0 amide bonds. The summed E-state index contributed by atoms with van der Waals surface area (Å²) in [5, 5.41) is 3.54. The van der Waals surface area contributed by atoms with E-state index in [9.17, 15) is 0 Å². The fourth-order valence-electron chi connectivity index (χ4n) is 2.18. The van der Waals surface area contributed by atoms with Crippen molar-refractivity contribution < 1.29 is 0 Å². The first kappa shape index (κ1) is 15.0. The van der Waals surface area contributed by atoms with Gasteiger partial charge in [0.25, 0.3) is 0 Å². The van der Waals surface area contributed by atoms with Gasteiger partial charge in [0.1, 0.15) is 0 Å². The Balaban J connectivity index is 2.76. The minimum absolute atomic E-state index is 0.701. The first-order valence-corrected chi connectivity index (χ1v) is 7.06. The summed E-state index contributed by atoms with van der Waals surface area (Å²) >= 11 is 0. The summed E-state index contributed by atoms with van der Waals surface area (Å²) in [5.74, 6) is 0.701. The van der Waals surface area contributed by atoms with E-state index in [1.807, 2.05) is 0 Å².